The van der Waals surface area contributed by atoms with Gasteiger partial charge < -0.3 is 34.9 Å². The summed E-state index contributed by atoms with van der Waals surface area (Å²) in [6, 6.07) is 21.6. The van der Waals surface area contributed by atoms with Gasteiger partial charge in [-0.15, -0.1) is 0 Å². The molecule has 0 saturated heterocycles. The van der Waals surface area contributed by atoms with Crippen LogP contribution in [0.1, 0.15) is 72.1 Å². The third-order valence-electron chi connectivity index (χ3n) is 9.38. The van der Waals surface area contributed by atoms with Gasteiger partial charge in [0.25, 0.3) is 0 Å². The Hall–Kier alpha value is -3.80. The van der Waals surface area contributed by atoms with Crippen LogP contribution >= 0.6 is 11.3 Å². The van der Waals surface area contributed by atoms with Gasteiger partial charge in [0.15, 0.2) is 5.60 Å². The van der Waals surface area contributed by atoms with E-state index in [1.165, 1.54) is 23.6 Å². The fourth-order valence-corrected chi connectivity index (χ4v) is 7.65. The van der Waals surface area contributed by atoms with Crippen LogP contribution in [0, 0.1) is 5.92 Å². The van der Waals surface area contributed by atoms with E-state index in [4.69, 9.17) is 4.42 Å². The minimum atomic E-state index is -1.21. The molecule has 0 amide bonds. The van der Waals surface area contributed by atoms with Gasteiger partial charge in [-0.25, -0.2) is 4.98 Å². The molecule has 2 heterocycles. The van der Waals surface area contributed by atoms with Crippen LogP contribution in [0.2, 0.25) is 0 Å². The zero-order chi connectivity index (χ0) is 32.8. The molecule has 5 N–H and O–H groups in total. The zero-order valence-electron chi connectivity index (χ0n) is 26.8. The minimum absolute atomic E-state index is 0.00289. The summed E-state index contributed by atoms with van der Waals surface area (Å²) in [6.45, 7) is 2.63. The Morgan fingerprint density at radius 1 is 1.04 bits per heavy atom. The predicted molar refractivity (Wildman–Crippen MR) is 185 cm³/mol. The lowest BCUT2D eigenvalue weighted by Gasteiger charge is -2.36. The van der Waals surface area contributed by atoms with Gasteiger partial charge in [-0.1, -0.05) is 91.3 Å². The number of aliphatic hydroxyl groups excluding tert-OH is 1. The van der Waals surface area contributed by atoms with Gasteiger partial charge in [0.2, 0.25) is 5.89 Å². The van der Waals surface area contributed by atoms with E-state index in [0.29, 0.717) is 41.2 Å². The first-order valence-electron chi connectivity index (χ1n) is 16.5. The summed E-state index contributed by atoms with van der Waals surface area (Å²) in [5.41, 5.74) is 3.05. The van der Waals surface area contributed by atoms with E-state index in [2.05, 4.69) is 51.5 Å². The number of aromatic amines is 1. The number of oxazole rings is 1. The lowest BCUT2D eigenvalue weighted by atomic mass is 9.73. The fourth-order valence-electron chi connectivity index (χ4n) is 6.73. The molecule has 0 unspecified atom stereocenters. The van der Waals surface area contributed by atoms with Crippen LogP contribution in [0.3, 0.4) is 0 Å². The fraction of sp³-hybridized carbons (Fsp3) is 0.405. The maximum Gasteiger partial charge on any atom is 0.305 e. The standard InChI is InChI=1S/C37H44N4O5S/c1-41(21-19-29-22-39-35(46-29)37(45,27-8-4-2-5-9-27)28-10-6-3-7-11-28)24-26-14-12-25(13-15-26)18-20-38-23-32(43)30-16-17-31(42)33-34(30)47-36(44)40-33/h2,4-5,8-9,12-17,22,28,32,38,42-43,45H,3,6-7,10-11,18-21,23-24H2,1H3,(H,40,44)/t32-,37-/m0/s1. The largest absolute Gasteiger partial charge is 0.506 e. The lowest BCUT2D eigenvalue weighted by molar-refractivity contribution is -0.0239. The number of fused-ring (bicyclic) bond motifs is 1. The van der Waals surface area contributed by atoms with E-state index in [-0.39, 0.29) is 16.5 Å². The molecule has 3 aromatic carbocycles. The molecule has 0 bridgehead atoms. The average molecular weight is 657 g/mol. The van der Waals surface area contributed by atoms with Crippen molar-refractivity contribution in [1.82, 2.24) is 20.2 Å². The summed E-state index contributed by atoms with van der Waals surface area (Å²) in [5, 5.41) is 36.1. The number of rotatable bonds is 14. The SMILES string of the molecule is CN(CCc1cnc([C@](O)(c2ccccc2)C2CCCCC2)o1)Cc1ccc(CCNC[C@H](O)c2ccc(O)c3[nH]c(=O)sc23)cc1. The van der Waals surface area contributed by atoms with E-state index in [0.717, 1.165) is 67.9 Å². The smallest absolute Gasteiger partial charge is 0.305 e. The monoisotopic (exact) mass is 656 g/mol. The van der Waals surface area contributed by atoms with E-state index in [1.54, 1.807) is 12.3 Å². The number of hydrogen-bond acceptors (Lipinski definition) is 9. The van der Waals surface area contributed by atoms with Crippen LogP contribution in [0.25, 0.3) is 10.2 Å². The number of aromatic nitrogens is 2. The topological polar surface area (TPSA) is 135 Å². The molecule has 2 atom stereocenters. The van der Waals surface area contributed by atoms with Gasteiger partial charge in [-0.05, 0) is 55.6 Å². The molecule has 0 aliphatic heterocycles. The molecule has 1 aliphatic rings. The average Bonchev–Trinajstić information content (AvgIpc) is 3.74. The first-order valence-corrected chi connectivity index (χ1v) is 17.4. The quantitative estimate of drug-likeness (QED) is 0.0970. The number of phenols is 1. The van der Waals surface area contributed by atoms with Crippen LogP contribution in [0.15, 0.2) is 82.1 Å². The van der Waals surface area contributed by atoms with Crippen molar-refractivity contribution in [3.05, 3.63) is 116 Å². The van der Waals surface area contributed by atoms with Crippen molar-refractivity contribution in [2.24, 2.45) is 5.92 Å². The lowest BCUT2D eigenvalue weighted by Crippen LogP contribution is -2.38. The van der Waals surface area contributed by atoms with Crippen molar-refractivity contribution in [3.63, 3.8) is 0 Å². The summed E-state index contributed by atoms with van der Waals surface area (Å²) >= 11 is 0.991. The van der Waals surface area contributed by atoms with Crippen molar-refractivity contribution < 1.29 is 19.7 Å². The van der Waals surface area contributed by atoms with Crippen molar-refractivity contribution in [2.45, 2.75) is 63.2 Å². The van der Waals surface area contributed by atoms with Gasteiger partial charge in [-0.3, -0.25) is 4.79 Å². The highest BCUT2D eigenvalue weighted by atomic mass is 32.1. The van der Waals surface area contributed by atoms with Crippen molar-refractivity contribution >= 4 is 21.6 Å². The highest BCUT2D eigenvalue weighted by Crippen LogP contribution is 2.43. The maximum absolute atomic E-state index is 12.1. The molecule has 0 spiro atoms. The molecule has 2 aromatic heterocycles. The molecule has 47 heavy (non-hydrogen) atoms. The van der Waals surface area contributed by atoms with E-state index >= 15 is 0 Å². The van der Waals surface area contributed by atoms with Crippen molar-refractivity contribution in [3.8, 4) is 5.75 Å². The van der Waals surface area contributed by atoms with Crippen LogP contribution in [-0.2, 0) is 25.0 Å². The number of benzene rings is 3. The third kappa shape index (κ3) is 7.69. The van der Waals surface area contributed by atoms with Crippen molar-refractivity contribution in [1.29, 1.82) is 0 Å². The Labute approximate surface area is 278 Å². The number of nitrogens with zero attached hydrogens (tertiary/aromatic N) is 2. The second kappa shape index (κ2) is 15.0. The van der Waals surface area contributed by atoms with Crippen LogP contribution in [-0.4, -0.2) is 56.9 Å². The molecule has 248 valence electrons. The molecule has 1 saturated carbocycles. The Kier molecular flexibility index (Phi) is 10.5. The zero-order valence-corrected chi connectivity index (χ0v) is 27.6. The molecule has 10 heteroatoms. The number of aromatic hydroxyl groups is 1. The van der Waals surface area contributed by atoms with E-state index < -0.39 is 11.7 Å². The first kappa shape index (κ1) is 33.1. The molecule has 0 radical (unpaired) electrons. The summed E-state index contributed by atoms with van der Waals surface area (Å²) in [6.07, 6.45) is 7.88. The summed E-state index contributed by atoms with van der Waals surface area (Å²) in [5.74, 6) is 1.28. The van der Waals surface area contributed by atoms with E-state index in [1.807, 2.05) is 30.3 Å². The van der Waals surface area contributed by atoms with E-state index in [9.17, 15) is 20.1 Å². The summed E-state index contributed by atoms with van der Waals surface area (Å²) in [4.78, 5) is 21.0. The molecule has 5 aromatic rings. The maximum atomic E-state index is 12.1. The van der Waals surface area contributed by atoms with Crippen LogP contribution < -0.4 is 10.2 Å². The Bertz CT molecular complexity index is 1800. The highest BCUT2D eigenvalue weighted by molar-refractivity contribution is 7.16. The number of aliphatic hydroxyl groups is 2. The van der Waals surface area contributed by atoms with Crippen LogP contribution in [0.5, 0.6) is 5.75 Å². The number of likely N-dealkylation sites (N-methyl/N-ethyl adjacent to an activating group) is 1. The van der Waals surface area contributed by atoms with Gasteiger partial charge in [0, 0.05) is 37.5 Å². The molecular formula is C37H44N4O5S. The Morgan fingerprint density at radius 3 is 2.55 bits per heavy atom. The first-order chi connectivity index (χ1) is 22.8. The third-order valence-corrected chi connectivity index (χ3v) is 10.3. The van der Waals surface area contributed by atoms with Gasteiger partial charge in [-0.2, -0.15) is 0 Å². The second-order valence-electron chi connectivity index (χ2n) is 12.8. The summed E-state index contributed by atoms with van der Waals surface area (Å²) in [7, 11) is 2.09. The molecule has 1 aliphatic carbocycles. The predicted octanol–water partition coefficient (Wildman–Crippen LogP) is 5.64. The van der Waals surface area contributed by atoms with Crippen LogP contribution in [0.4, 0.5) is 0 Å². The number of thiazole rings is 1. The second-order valence-corrected chi connectivity index (χ2v) is 13.7. The summed E-state index contributed by atoms with van der Waals surface area (Å²) < 4.78 is 6.83. The Morgan fingerprint density at radius 2 is 1.79 bits per heavy atom. The molecule has 1 fully saturated rings. The normalized spacial score (nSPS) is 16.1. The number of H-pyrrole nitrogens is 1. The molecule has 6 rings (SSSR count). The van der Waals surface area contributed by atoms with Gasteiger partial charge >= 0.3 is 4.87 Å². The van der Waals surface area contributed by atoms with Gasteiger partial charge in [0.05, 0.1) is 17.0 Å². The number of hydrogen-bond donors (Lipinski definition) is 5. The highest BCUT2D eigenvalue weighted by Gasteiger charge is 2.44. The Balaban J connectivity index is 0.969. The molecule has 9 nitrogen and oxygen atoms in total. The van der Waals surface area contributed by atoms with Crippen molar-refractivity contribution in [2.75, 3.05) is 26.7 Å². The number of nitrogens with one attached hydrogen (secondary N) is 2. The minimum Gasteiger partial charge on any atom is -0.506 e. The number of phenolic OH excluding ortho intramolecular Hbond substituents is 1. The van der Waals surface area contributed by atoms with Gasteiger partial charge in [0.1, 0.15) is 17.0 Å². The molecular weight excluding hydrogens is 612 g/mol.